The molecule has 3 nitrogen and oxygen atoms in total. The first-order valence-corrected chi connectivity index (χ1v) is 6.81. The number of allylic oxidation sites excluding steroid dienone is 1. The first-order chi connectivity index (χ1) is 8.25. The lowest BCUT2D eigenvalue weighted by molar-refractivity contribution is -0.0994. The van der Waals surface area contributed by atoms with Crippen molar-refractivity contribution in [3.63, 3.8) is 0 Å². The van der Waals surface area contributed by atoms with E-state index < -0.39 is 0 Å². The second-order valence-corrected chi connectivity index (χ2v) is 5.31. The molecule has 0 N–H and O–H groups in total. The van der Waals surface area contributed by atoms with Gasteiger partial charge in [-0.25, -0.2) is 0 Å². The molecule has 0 aromatic carbocycles. The molecule has 118 valence electrons. The molecule has 0 aromatic rings. The fourth-order valence-corrected chi connectivity index (χ4v) is 0.671. The van der Waals surface area contributed by atoms with Gasteiger partial charge in [-0.05, 0) is 53.5 Å². The second kappa shape index (κ2) is 15.5. The summed E-state index contributed by atoms with van der Waals surface area (Å²) in [5, 5.41) is 0. The van der Waals surface area contributed by atoms with Crippen molar-refractivity contribution in [1.82, 2.24) is 0 Å². The normalized spacial score (nSPS) is 10.9. The van der Waals surface area contributed by atoms with Gasteiger partial charge in [0.2, 0.25) is 0 Å². The van der Waals surface area contributed by atoms with Crippen molar-refractivity contribution >= 4 is 0 Å². The van der Waals surface area contributed by atoms with Crippen molar-refractivity contribution in [2.24, 2.45) is 5.92 Å². The summed E-state index contributed by atoms with van der Waals surface area (Å²) in [5.41, 5.74) is 0. The molecule has 3 heteroatoms. The highest BCUT2D eigenvalue weighted by atomic mass is 16.7. The summed E-state index contributed by atoms with van der Waals surface area (Å²) in [6.07, 6.45) is 4.66. The van der Waals surface area contributed by atoms with Crippen LogP contribution in [0.15, 0.2) is 12.3 Å². The van der Waals surface area contributed by atoms with Crippen LogP contribution >= 0.6 is 0 Å². The molecule has 0 heterocycles. The summed E-state index contributed by atoms with van der Waals surface area (Å²) in [5.74, 6) is 0.587. The molecule has 0 radical (unpaired) electrons. The lowest BCUT2D eigenvalue weighted by Crippen LogP contribution is -2.11. The molecule has 0 spiro atoms. The molecule has 0 saturated heterocycles. The Morgan fingerprint density at radius 1 is 0.737 bits per heavy atom. The number of hydrogen-bond donors (Lipinski definition) is 0. The Kier molecular flexibility index (Phi) is 19.2. The third-order valence-corrected chi connectivity index (χ3v) is 1.62. The standard InChI is InChI=1S/C8H16O.C7H16O2.CH4/c1-7(2)5-6-9-8(3)4;1-6(2)8-5-9-7(3)4;/h5-8H,1-4H3;6-7H,5H2,1-4H3;1H4/b6-5-;;. The van der Waals surface area contributed by atoms with Crippen LogP contribution in [0.5, 0.6) is 0 Å². The molecule has 0 bridgehead atoms. The largest absolute Gasteiger partial charge is 0.499 e. The summed E-state index contributed by atoms with van der Waals surface area (Å²) in [6.45, 7) is 16.7. The Labute approximate surface area is 121 Å². The van der Waals surface area contributed by atoms with Gasteiger partial charge < -0.3 is 14.2 Å². The third-order valence-electron chi connectivity index (χ3n) is 1.62. The van der Waals surface area contributed by atoms with Crippen molar-refractivity contribution in [3.8, 4) is 0 Å². The molecule has 0 saturated carbocycles. The Hall–Kier alpha value is -0.540. The molecule has 0 unspecified atom stereocenters. The topological polar surface area (TPSA) is 27.7 Å². The minimum absolute atomic E-state index is 0. The van der Waals surface area contributed by atoms with E-state index >= 15 is 0 Å². The number of hydrogen-bond acceptors (Lipinski definition) is 3. The molecule has 19 heavy (non-hydrogen) atoms. The zero-order valence-corrected chi connectivity index (χ0v) is 13.4. The smallest absolute Gasteiger partial charge is 0.147 e. The van der Waals surface area contributed by atoms with Crippen LogP contribution in [-0.2, 0) is 14.2 Å². The first-order valence-electron chi connectivity index (χ1n) is 6.81. The van der Waals surface area contributed by atoms with Crippen LogP contribution in [0.4, 0.5) is 0 Å². The van der Waals surface area contributed by atoms with Crippen molar-refractivity contribution in [1.29, 1.82) is 0 Å². The maximum Gasteiger partial charge on any atom is 0.147 e. The van der Waals surface area contributed by atoms with Gasteiger partial charge in [-0.15, -0.1) is 0 Å². The average molecular weight is 276 g/mol. The second-order valence-electron chi connectivity index (χ2n) is 5.31. The lowest BCUT2D eigenvalue weighted by atomic mass is 10.2. The number of rotatable bonds is 7. The van der Waals surface area contributed by atoms with E-state index in [1.54, 1.807) is 6.26 Å². The summed E-state index contributed by atoms with van der Waals surface area (Å²) >= 11 is 0. The predicted molar refractivity (Wildman–Crippen MR) is 84.2 cm³/mol. The van der Waals surface area contributed by atoms with Crippen LogP contribution in [0, 0.1) is 5.92 Å². The fraction of sp³-hybridized carbons (Fsp3) is 0.875. The van der Waals surface area contributed by atoms with Gasteiger partial charge >= 0.3 is 0 Å². The van der Waals surface area contributed by atoms with Gasteiger partial charge in [0.15, 0.2) is 0 Å². The molecular formula is C16H36O3. The van der Waals surface area contributed by atoms with Gasteiger partial charge in [-0.2, -0.15) is 0 Å². The van der Waals surface area contributed by atoms with Gasteiger partial charge in [0.05, 0.1) is 24.6 Å². The Bertz CT molecular complexity index is 176. The summed E-state index contributed by atoms with van der Waals surface area (Å²) in [4.78, 5) is 0. The SMILES string of the molecule is C.CC(C)/C=C\OC(C)C.CC(C)OCOC(C)C. The predicted octanol–water partition coefficient (Wildman–Crippen LogP) is 5.01. The van der Waals surface area contributed by atoms with Gasteiger partial charge in [0.1, 0.15) is 6.79 Å². The summed E-state index contributed by atoms with van der Waals surface area (Å²) < 4.78 is 15.4. The molecule has 0 rings (SSSR count). The minimum atomic E-state index is 0. The molecule has 0 aliphatic carbocycles. The Morgan fingerprint density at radius 3 is 1.42 bits per heavy atom. The first kappa shape index (κ1) is 23.5. The highest BCUT2D eigenvalue weighted by Gasteiger charge is 1.94. The summed E-state index contributed by atoms with van der Waals surface area (Å²) in [6, 6.07) is 0. The van der Waals surface area contributed by atoms with E-state index in [1.165, 1.54) is 0 Å². The van der Waals surface area contributed by atoms with Crippen LogP contribution in [0.2, 0.25) is 0 Å². The van der Waals surface area contributed by atoms with Gasteiger partial charge in [-0.3, -0.25) is 0 Å². The number of ether oxygens (including phenoxy) is 3. The van der Waals surface area contributed by atoms with Gasteiger partial charge in [0.25, 0.3) is 0 Å². The van der Waals surface area contributed by atoms with E-state index in [9.17, 15) is 0 Å². The molecule has 0 fully saturated rings. The molecule has 0 amide bonds. The van der Waals surface area contributed by atoms with Crippen molar-refractivity contribution in [2.45, 2.75) is 81.1 Å². The minimum Gasteiger partial charge on any atom is -0.499 e. The van der Waals surface area contributed by atoms with Crippen molar-refractivity contribution in [2.75, 3.05) is 6.79 Å². The van der Waals surface area contributed by atoms with E-state index in [0.29, 0.717) is 18.8 Å². The highest BCUT2D eigenvalue weighted by molar-refractivity contribution is 4.77. The van der Waals surface area contributed by atoms with Gasteiger partial charge in [-0.1, -0.05) is 21.3 Å². The van der Waals surface area contributed by atoms with Gasteiger partial charge in [0, 0.05) is 0 Å². The lowest BCUT2D eigenvalue weighted by Gasteiger charge is -2.09. The van der Waals surface area contributed by atoms with Crippen LogP contribution in [0.1, 0.15) is 62.8 Å². The highest BCUT2D eigenvalue weighted by Crippen LogP contribution is 1.95. The molecule has 0 aromatic heterocycles. The van der Waals surface area contributed by atoms with E-state index in [-0.39, 0.29) is 19.6 Å². The van der Waals surface area contributed by atoms with Crippen LogP contribution in [0.25, 0.3) is 0 Å². The average Bonchev–Trinajstić information content (AvgIpc) is 2.15. The van der Waals surface area contributed by atoms with E-state index in [4.69, 9.17) is 14.2 Å². The molecular weight excluding hydrogens is 240 g/mol. The van der Waals surface area contributed by atoms with Crippen LogP contribution in [-0.4, -0.2) is 25.1 Å². The molecule has 0 atom stereocenters. The fourth-order valence-electron chi connectivity index (χ4n) is 0.671. The summed E-state index contributed by atoms with van der Waals surface area (Å²) in [7, 11) is 0. The van der Waals surface area contributed by atoms with Crippen LogP contribution < -0.4 is 0 Å². The third kappa shape index (κ3) is 31.8. The Balaban J connectivity index is -0.000000256. The Morgan fingerprint density at radius 2 is 1.16 bits per heavy atom. The van der Waals surface area contributed by atoms with Crippen molar-refractivity contribution < 1.29 is 14.2 Å². The quantitative estimate of drug-likeness (QED) is 0.483. The maximum atomic E-state index is 5.17. The monoisotopic (exact) mass is 276 g/mol. The zero-order valence-electron chi connectivity index (χ0n) is 13.4. The van der Waals surface area contributed by atoms with Crippen molar-refractivity contribution in [3.05, 3.63) is 12.3 Å². The van der Waals surface area contributed by atoms with Crippen LogP contribution in [0.3, 0.4) is 0 Å². The van der Waals surface area contributed by atoms with E-state index in [1.807, 2.05) is 47.6 Å². The molecule has 0 aliphatic heterocycles. The maximum absolute atomic E-state index is 5.17. The van der Waals surface area contributed by atoms with E-state index in [2.05, 4.69) is 13.8 Å². The molecule has 0 aliphatic rings. The van der Waals surface area contributed by atoms with E-state index in [0.717, 1.165) is 0 Å². The zero-order chi connectivity index (χ0) is 14.6.